The van der Waals surface area contributed by atoms with E-state index in [0.717, 1.165) is 30.5 Å². The third-order valence-electron chi connectivity index (χ3n) is 6.52. The molecule has 1 spiro atoms. The van der Waals surface area contributed by atoms with E-state index < -0.39 is 54.1 Å². The molecule has 2 heterocycles. The molecule has 2 aliphatic rings. The van der Waals surface area contributed by atoms with Gasteiger partial charge >= 0.3 is 23.9 Å². The van der Waals surface area contributed by atoms with E-state index in [2.05, 4.69) is 6.07 Å². The van der Waals surface area contributed by atoms with Crippen LogP contribution in [0.25, 0.3) is 0 Å². The molecule has 2 aromatic carbocycles. The second-order valence-electron chi connectivity index (χ2n) is 9.57. The highest BCUT2D eigenvalue weighted by Crippen LogP contribution is 2.49. The van der Waals surface area contributed by atoms with Crippen LogP contribution in [-0.2, 0) is 66.4 Å². The fourth-order valence-electron chi connectivity index (χ4n) is 4.98. The van der Waals surface area contributed by atoms with Gasteiger partial charge in [0.1, 0.15) is 12.7 Å². The number of benzene rings is 2. The molecule has 40 heavy (non-hydrogen) atoms. The van der Waals surface area contributed by atoms with Gasteiger partial charge in [-0.05, 0) is 41.3 Å². The zero-order valence-electron chi connectivity index (χ0n) is 22.5. The average molecular weight is 552 g/mol. The molecule has 4 rings (SSSR count). The number of fused-ring (bicyclic) bond motifs is 2. The van der Waals surface area contributed by atoms with E-state index in [1.165, 1.54) is 13.8 Å². The molecular weight excluding hydrogens is 522 g/mol. The highest BCUT2D eigenvalue weighted by molar-refractivity contribution is 5.69. The molecular formula is C29H29NO10. The quantitative estimate of drug-likeness (QED) is 0.369. The monoisotopic (exact) mass is 551 g/mol. The van der Waals surface area contributed by atoms with E-state index in [4.69, 9.17) is 33.7 Å². The van der Waals surface area contributed by atoms with Gasteiger partial charge in [0.15, 0.2) is 12.2 Å². The van der Waals surface area contributed by atoms with Crippen LogP contribution in [-0.4, -0.2) is 54.9 Å². The summed E-state index contributed by atoms with van der Waals surface area (Å²) in [4.78, 5) is 48.2. The van der Waals surface area contributed by atoms with E-state index >= 15 is 0 Å². The van der Waals surface area contributed by atoms with Crippen LogP contribution in [0.4, 0.5) is 0 Å². The van der Waals surface area contributed by atoms with Crippen molar-refractivity contribution in [2.24, 2.45) is 0 Å². The van der Waals surface area contributed by atoms with Gasteiger partial charge in [-0.2, -0.15) is 5.26 Å². The molecule has 5 atom stereocenters. The minimum atomic E-state index is -1.77. The molecule has 210 valence electrons. The topological polar surface area (TPSA) is 147 Å². The Bertz CT molecular complexity index is 1350. The largest absolute Gasteiger partial charge is 0.463 e. The first-order valence-corrected chi connectivity index (χ1v) is 12.6. The lowest BCUT2D eigenvalue weighted by Gasteiger charge is -2.49. The van der Waals surface area contributed by atoms with Gasteiger partial charge in [0, 0.05) is 33.3 Å². The van der Waals surface area contributed by atoms with Gasteiger partial charge in [-0.15, -0.1) is 0 Å². The summed E-state index contributed by atoms with van der Waals surface area (Å²) >= 11 is 0. The van der Waals surface area contributed by atoms with Crippen LogP contribution < -0.4 is 0 Å². The summed E-state index contributed by atoms with van der Waals surface area (Å²) in [7, 11) is 0. The number of nitriles is 1. The first-order valence-electron chi connectivity index (χ1n) is 12.6. The molecule has 11 heteroatoms. The van der Waals surface area contributed by atoms with E-state index in [1.54, 1.807) is 12.1 Å². The van der Waals surface area contributed by atoms with Gasteiger partial charge in [0.25, 0.3) is 0 Å². The van der Waals surface area contributed by atoms with Crippen LogP contribution in [0.5, 0.6) is 0 Å². The lowest BCUT2D eigenvalue weighted by molar-refractivity contribution is -0.370. The van der Waals surface area contributed by atoms with Crippen molar-refractivity contribution in [2.45, 2.75) is 70.9 Å². The smallest absolute Gasteiger partial charge is 0.303 e. The number of hydrogen-bond donors (Lipinski definition) is 0. The molecule has 0 amide bonds. The summed E-state index contributed by atoms with van der Waals surface area (Å²) in [6, 6.07) is 14.9. The maximum Gasteiger partial charge on any atom is 0.303 e. The zero-order chi connectivity index (χ0) is 29.0. The number of ether oxygens (including phenoxy) is 6. The summed E-state index contributed by atoms with van der Waals surface area (Å²) in [5.74, 6) is -4.54. The standard InChI is InChI=1S/C29H29NO10/c1-16(31)35-15-25-26(37-17(2)32)27(38-18(3)33)28(39-19(4)34)29(40-25)24-12-22(9-10-23(24)14-36-29)11-20-5-7-21(13-30)8-6-20/h5-10,12,25-28H,11,14-15H2,1-4H3/t25-,26-,27+,28-,29+/m1/s1. The van der Waals surface area contributed by atoms with Crippen molar-refractivity contribution in [3.63, 3.8) is 0 Å². The lowest BCUT2D eigenvalue weighted by atomic mass is 9.85. The van der Waals surface area contributed by atoms with Gasteiger partial charge in [0.2, 0.25) is 11.9 Å². The Hall–Kier alpha value is -4.27. The number of rotatable bonds is 7. The Labute approximate surface area is 230 Å². The molecule has 0 bridgehead atoms. The summed E-state index contributed by atoms with van der Waals surface area (Å²) in [6.45, 7) is 4.44. The maximum atomic E-state index is 12.3. The number of hydrogen-bond acceptors (Lipinski definition) is 11. The van der Waals surface area contributed by atoms with Crippen LogP contribution in [0, 0.1) is 11.3 Å². The van der Waals surface area contributed by atoms with E-state index in [9.17, 15) is 19.2 Å². The Kier molecular flexibility index (Phi) is 8.52. The molecule has 2 aromatic rings. The van der Waals surface area contributed by atoms with Crippen LogP contribution in [0.15, 0.2) is 42.5 Å². The van der Waals surface area contributed by atoms with E-state index in [-0.39, 0.29) is 13.2 Å². The van der Waals surface area contributed by atoms with Gasteiger partial charge in [-0.25, -0.2) is 0 Å². The number of esters is 4. The number of carbonyl (C=O) groups excluding carboxylic acids is 4. The second-order valence-corrected chi connectivity index (χ2v) is 9.57. The molecule has 0 radical (unpaired) electrons. The lowest BCUT2D eigenvalue weighted by Crippen LogP contribution is -2.66. The second kappa shape index (κ2) is 11.9. The summed E-state index contributed by atoms with van der Waals surface area (Å²) in [5.41, 5.74) is 3.62. The summed E-state index contributed by atoms with van der Waals surface area (Å²) in [5, 5.41) is 9.08. The molecule has 11 nitrogen and oxygen atoms in total. The maximum absolute atomic E-state index is 12.3. The molecule has 0 aromatic heterocycles. The number of carbonyl (C=O) groups is 4. The van der Waals surface area contributed by atoms with Crippen molar-refractivity contribution in [1.29, 1.82) is 5.26 Å². The van der Waals surface area contributed by atoms with E-state index in [1.807, 2.05) is 30.3 Å². The minimum Gasteiger partial charge on any atom is -0.463 e. The average Bonchev–Trinajstić information content (AvgIpc) is 3.24. The minimum absolute atomic E-state index is 0.0789. The van der Waals surface area contributed by atoms with Crippen molar-refractivity contribution in [2.75, 3.05) is 6.61 Å². The van der Waals surface area contributed by atoms with Gasteiger partial charge in [-0.3, -0.25) is 19.2 Å². The molecule has 0 N–H and O–H groups in total. The highest BCUT2D eigenvalue weighted by Gasteiger charge is 2.64. The third kappa shape index (κ3) is 6.14. The van der Waals surface area contributed by atoms with Crippen LogP contribution in [0.2, 0.25) is 0 Å². The Balaban J connectivity index is 1.81. The summed E-state index contributed by atoms with van der Waals surface area (Å²) < 4.78 is 34.5. The Morgan fingerprint density at radius 2 is 1.50 bits per heavy atom. The molecule has 2 aliphatic heterocycles. The van der Waals surface area contributed by atoms with Gasteiger partial charge < -0.3 is 28.4 Å². The van der Waals surface area contributed by atoms with Crippen molar-refractivity contribution in [3.05, 3.63) is 70.3 Å². The first kappa shape index (κ1) is 28.7. The Morgan fingerprint density at radius 1 is 0.875 bits per heavy atom. The van der Waals surface area contributed by atoms with Crippen molar-refractivity contribution < 1.29 is 47.6 Å². The summed E-state index contributed by atoms with van der Waals surface area (Å²) in [6.07, 6.45) is -4.65. The van der Waals surface area contributed by atoms with Crippen molar-refractivity contribution in [3.8, 4) is 6.07 Å². The first-order chi connectivity index (χ1) is 19.0. The Morgan fingerprint density at radius 3 is 2.10 bits per heavy atom. The number of nitrogens with zero attached hydrogens (tertiary/aromatic N) is 1. The third-order valence-corrected chi connectivity index (χ3v) is 6.52. The van der Waals surface area contributed by atoms with Crippen LogP contribution >= 0.6 is 0 Å². The predicted octanol–water partition coefficient (Wildman–Crippen LogP) is 2.59. The van der Waals surface area contributed by atoms with Crippen LogP contribution in [0.3, 0.4) is 0 Å². The molecule has 0 saturated carbocycles. The molecule has 1 saturated heterocycles. The molecule has 1 fully saturated rings. The fourth-order valence-corrected chi connectivity index (χ4v) is 4.98. The zero-order valence-corrected chi connectivity index (χ0v) is 22.5. The van der Waals surface area contributed by atoms with Crippen molar-refractivity contribution in [1.82, 2.24) is 0 Å². The van der Waals surface area contributed by atoms with Gasteiger partial charge in [0.05, 0.1) is 18.2 Å². The SMILES string of the molecule is CC(=O)OC[C@H]1O[C@]2(OCc3ccc(Cc4ccc(C#N)cc4)cc32)[C@H](OC(C)=O)[C@@H](OC(C)=O)[C@@H]1OC(C)=O. The predicted molar refractivity (Wildman–Crippen MR) is 135 cm³/mol. The van der Waals surface area contributed by atoms with E-state index in [0.29, 0.717) is 17.5 Å². The molecule has 0 unspecified atom stereocenters. The van der Waals surface area contributed by atoms with Crippen LogP contribution in [0.1, 0.15) is 55.5 Å². The van der Waals surface area contributed by atoms with Crippen molar-refractivity contribution >= 4 is 23.9 Å². The molecule has 0 aliphatic carbocycles. The normalized spacial score (nSPS) is 24.9. The fraction of sp³-hybridized carbons (Fsp3) is 0.414. The van der Waals surface area contributed by atoms with Gasteiger partial charge in [-0.1, -0.05) is 24.3 Å². The highest BCUT2D eigenvalue weighted by atomic mass is 16.8.